The summed E-state index contributed by atoms with van der Waals surface area (Å²) in [6.07, 6.45) is 9.65. The third-order valence-electron chi connectivity index (χ3n) is 6.74. The number of fused-ring (bicyclic) bond motifs is 1. The van der Waals surface area contributed by atoms with Crippen LogP contribution < -0.4 is 4.74 Å². The van der Waals surface area contributed by atoms with E-state index in [2.05, 4.69) is 30.0 Å². The normalized spacial score (nSPS) is 35.0. The number of rotatable bonds is 2. The predicted octanol–water partition coefficient (Wildman–Crippen LogP) is 4.12. The van der Waals surface area contributed by atoms with Crippen molar-refractivity contribution in [2.45, 2.75) is 57.4 Å². The van der Waals surface area contributed by atoms with Gasteiger partial charge in [0.1, 0.15) is 5.75 Å². The standard InChI is InChI=1S/C19H27NO/c1-3-20-13-12-18-9-4-5-10-19(18,20)17-14-16(21-2)7-6-15(17)8-11-18/h6-7,14H,3-5,8-13H2,1-2H3. The van der Waals surface area contributed by atoms with Gasteiger partial charge in [-0.15, -0.1) is 0 Å². The molecule has 1 heterocycles. The third kappa shape index (κ3) is 1.63. The Labute approximate surface area is 128 Å². The van der Waals surface area contributed by atoms with Crippen LogP contribution >= 0.6 is 0 Å². The van der Waals surface area contributed by atoms with Gasteiger partial charge in [-0.1, -0.05) is 25.8 Å². The van der Waals surface area contributed by atoms with Crippen molar-refractivity contribution < 1.29 is 4.74 Å². The van der Waals surface area contributed by atoms with Gasteiger partial charge in [0.15, 0.2) is 0 Å². The Hall–Kier alpha value is -1.02. The summed E-state index contributed by atoms with van der Waals surface area (Å²) in [5, 5.41) is 0. The zero-order valence-electron chi connectivity index (χ0n) is 13.5. The van der Waals surface area contributed by atoms with Crippen LogP contribution in [-0.4, -0.2) is 25.1 Å². The molecule has 0 spiro atoms. The highest BCUT2D eigenvalue weighted by molar-refractivity contribution is 5.45. The van der Waals surface area contributed by atoms with Crippen molar-refractivity contribution in [3.05, 3.63) is 29.3 Å². The molecule has 1 aromatic rings. The van der Waals surface area contributed by atoms with Crippen LogP contribution in [0.25, 0.3) is 0 Å². The van der Waals surface area contributed by atoms with Gasteiger partial charge in [0, 0.05) is 0 Å². The molecule has 0 aromatic heterocycles. The first-order chi connectivity index (χ1) is 10.3. The van der Waals surface area contributed by atoms with E-state index in [0.717, 1.165) is 5.75 Å². The molecule has 1 saturated heterocycles. The largest absolute Gasteiger partial charge is 0.497 e. The number of ether oxygens (including phenoxy) is 1. The zero-order chi connectivity index (χ0) is 14.5. The highest BCUT2D eigenvalue weighted by Crippen LogP contribution is 2.64. The number of aryl methyl sites for hydroxylation is 1. The van der Waals surface area contributed by atoms with Crippen LogP contribution in [0.3, 0.4) is 0 Å². The van der Waals surface area contributed by atoms with E-state index in [1.54, 1.807) is 18.2 Å². The maximum atomic E-state index is 5.55. The SMILES string of the molecule is CCN1CCC23CCCCC12c1cc(OC)ccc1CC3. The average molecular weight is 285 g/mol. The lowest BCUT2D eigenvalue weighted by Crippen LogP contribution is -2.55. The molecule has 2 heteroatoms. The topological polar surface area (TPSA) is 12.5 Å². The Morgan fingerprint density at radius 1 is 1.14 bits per heavy atom. The van der Waals surface area contributed by atoms with Crippen molar-refractivity contribution >= 4 is 0 Å². The van der Waals surface area contributed by atoms with Gasteiger partial charge in [0.05, 0.1) is 12.6 Å². The van der Waals surface area contributed by atoms with Crippen molar-refractivity contribution in [1.29, 1.82) is 0 Å². The molecule has 0 bridgehead atoms. The van der Waals surface area contributed by atoms with E-state index in [4.69, 9.17) is 4.74 Å². The first kappa shape index (κ1) is 13.6. The molecule has 0 N–H and O–H groups in total. The first-order valence-corrected chi connectivity index (χ1v) is 8.68. The lowest BCUT2D eigenvalue weighted by Gasteiger charge is -2.56. The molecule has 2 aliphatic carbocycles. The van der Waals surface area contributed by atoms with E-state index >= 15 is 0 Å². The number of nitrogens with zero attached hydrogens (tertiary/aromatic N) is 1. The van der Waals surface area contributed by atoms with Crippen molar-refractivity contribution in [2.75, 3.05) is 20.2 Å². The summed E-state index contributed by atoms with van der Waals surface area (Å²) in [6.45, 7) is 4.80. The number of benzene rings is 1. The van der Waals surface area contributed by atoms with E-state index in [0.29, 0.717) is 11.0 Å². The van der Waals surface area contributed by atoms with Gasteiger partial charge in [-0.2, -0.15) is 0 Å². The summed E-state index contributed by atoms with van der Waals surface area (Å²) < 4.78 is 5.55. The quantitative estimate of drug-likeness (QED) is 0.810. The van der Waals surface area contributed by atoms with E-state index in [-0.39, 0.29) is 0 Å². The molecule has 3 aliphatic rings. The van der Waals surface area contributed by atoms with Crippen molar-refractivity contribution in [3.8, 4) is 5.75 Å². The fourth-order valence-corrected chi connectivity index (χ4v) is 5.82. The van der Waals surface area contributed by atoms with Crippen LogP contribution in [-0.2, 0) is 12.0 Å². The molecule has 2 fully saturated rings. The minimum absolute atomic E-state index is 0.308. The fraction of sp³-hybridized carbons (Fsp3) is 0.684. The average Bonchev–Trinajstić information content (AvgIpc) is 2.90. The van der Waals surface area contributed by atoms with E-state index in [1.807, 2.05) is 0 Å². The highest BCUT2D eigenvalue weighted by atomic mass is 16.5. The highest BCUT2D eigenvalue weighted by Gasteiger charge is 2.61. The third-order valence-corrected chi connectivity index (χ3v) is 6.74. The monoisotopic (exact) mass is 285 g/mol. The van der Waals surface area contributed by atoms with E-state index in [1.165, 1.54) is 58.0 Å². The molecule has 114 valence electrons. The second-order valence-electron chi connectivity index (χ2n) is 7.20. The Balaban J connectivity index is 1.93. The molecule has 0 amide bonds. The van der Waals surface area contributed by atoms with Crippen LogP contribution in [0.4, 0.5) is 0 Å². The van der Waals surface area contributed by atoms with Gasteiger partial charge in [0.25, 0.3) is 0 Å². The molecule has 1 saturated carbocycles. The van der Waals surface area contributed by atoms with E-state index < -0.39 is 0 Å². The fourth-order valence-electron chi connectivity index (χ4n) is 5.82. The van der Waals surface area contributed by atoms with Crippen molar-refractivity contribution in [2.24, 2.45) is 5.41 Å². The minimum atomic E-state index is 0.308. The summed E-state index contributed by atoms with van der Waals surface area (Å²) in [6, 6.07) is 6.84. The van der Waals surface area contributed by atoms with Crippen LogP contribution in [0.5, 0.6) is 5.75 Å². The van der Waals surface area contributed by atoms with Gasteiger partial charge >= 0.3 is 0 Å². The second-order valence-corrected chi connectivity index (χ2v) is 7.20. The maximum Gasteiger partial charge on any atom is 0.119 e. The summed E-state index contributed by atoms with van der Waals surface area (Å²) in [7, 11) is 1.79. The Kier molecular flexibility index (Phi) is 3.08. The molecule has 4 rings (SSSR count). The summed E-state index contributed by atoms with van der Waals surface area (Å²) in [5.41, 5.74) is 4.03. The molecule has 0 radical (unpaired) electrons. The predicted molar refractivity (Wildman–Crippen MR) is 85.8 cm³/mol. The molecular weight excluding hydrogens is 258 g/mol. The van der Waals surface area contributed by atoms with Crippen LogP contribution in [0.1, 0.15) is 56.6 Å². The molecule has 2 nitrogen and oxygen atoms in total. The van der Waals surface area contributed by atoms with E-state index in [9.17, 15) is 0 Å². The Bertz CT molecular complexity index is 554. The molecule has 2 atom stereocenters. The second kappa shape index (κ2) is 4.74. The maximum absolute atomic E-state index is 5.55. The summed E-state index contributed by atoms with van der Waals surface area (Å²) >= 11 is 0. The van der Waals surface area contributed by atoms with Crippen LogP contribution in [0, 0.1) is 5.41 Å². The molecule has 1 aliphatic heterocycles. The van der Waals surface area contributed by atoms with Gasteiger partial charge in [-0.3, -0.25) is 4.90 Å². The number of hydrogen-bond acceptors (Lipinski definition) is 2. The van der Waals surface area contributed by atoms with Crippen LogP contribution in [0.15, 0.2) is 18.2 Å². The summed E-state index contributed by atoms with van der Waals surface area (Å²) in [5.74, 6) is 1.03. The van der Waals surface area contributed by atoms with Gasteiger partial charge < -0.3 is 4.74 Å². The summed E-state index contributed by atoms with van der Waals surface area (Å²) in [4.78, 5) is 2.80. The zero-order valence-corrected chi connectivity index (χ0v) is 13.5. The lowest BCUT2D eigenvalue weighted by molar-refractivity contribution is -0.0236. The molecule has 1 aromatic carbocycles. The smallest absolute Gasteiger partial charge is 0.119 e. The molecule has 2 unspecified atom stereocenters. The lowest BCUT2D eigenvalue weighted by atomic mass is 9.53. The van der Waals surface area contributed by atoms with Gasteiger partial charge in [0.2, 0.25) is 0 Å². The van der Waals surface area contributed by atoms with Crippen LogP contribution in [0.2, 0.25) is 0 Å². The molecule has 21 heavy (non-hydrogen) atoms. The van der Waals surface area contributed by atoms with Crippen molar-refractivity contribution in [1.82, 2.24) is 4.90 Å². The number of hydrogen-bond donors (Lipinski definition) is 0. The molecular formula is C19H27NO. The number of likely N-dealkylation sites (tertiary alicyclic amines) is 1. The number of methoxy groups -OCH3 is 1. The van der Waals surface area contributed by atoms with Gasteiger partial charge in [-0.25, -0.2) is 0 Å². The van der Waals surface area contributed by atoms with Crippen molar-refractivity contribution in [3.63, 3.8) is 0 Å². The Morgan fingerprint density at radius 3 is 2.81 bits per heavy atom. The minimum Gasteiger partial charge on any atom is -0.497 e. The Morgan fingerprint density at radius 2 is 2.00 bits per heavy atom. The first-order valence-electron chi connectivity index (χ1n) is 8.68. The van der Waals surface area contributed by atoms with Gasteiger partial charge in [-0.05, 0) is 73.9 Å².